The summed E-state index contributed by atoms with van der Waals surface area (Å²) in [6.07, 6.45) is -4.05. The van der Waals surface area contributed by atoms with Gasteiger partial charge in [0.2, 0.25) is 0 Å². The van der Waals surface area contributed by atoms with E-state index in [1.54, 1.807) is 25.9 Å². The molecule has 0 bridgehead atoms. The second-order valence-corrected chi connectivity index (χ2v) is 6.73. The Kier molecular flexibility index (Phi) is 5.69. The number of rotatable bonds is 2. The SMILES string of the molecule is C/C(=N\C(=O)[C@@H]1O[C@@H]2COC(c3ccccc3)O[C@@H]2[C@H](N)[C@H]1O)N(C)C. The largest absolute Gasteiger partial charge is 0.388 e. The molecule has 1 amide bonds. The molecular weight excluding hydrogens is 338 g/mol. The summed E-state index contributed by atoms with van der Waals surface area (Å²) in [4.78, 5) is 18.1. The molecule has 2 aliphatic heterocycles. The predicted octanol–water partition coefficient (Wildman–Crippen LogP) is 0.0628. The molecular formula is C18H25N3O5. The molecule has 0 spiro atoms. The highest BCUT2D eigenvalue weighted by molar-refractivity contribution is 5.95. The molecule has 2 fully saturated rings. The molecule has 3 rings (SSSR count). The van der Waals surface area contributed by atoms with Crippen molar-refractivity contribution in [3.8, 4) is 0 Å². The van der Waals surface area contributed by atoms with Gasteiger partial charge in [0.1, 0.15) is 24.1 Å². The number of ether oxygens (including phenoxy) is 3. The predicted molar refractivity (Wildman–Crippen MR) is 94.5 cm³/mol. The number of benzene rings is 1. The van der Waals surface area contributed by atoms with Crippen LogP contribution in [-0.4, -0.2) is 72.9 Å². The van der Waals surface area contributed by atoms with Crippen LogP contribution in [0.2, 0.25) is 0 Å². The van der Waals surface area contributed by atoms with Crippen LogP contribution in [0.15, 0.2) is 35.3 Å². The van der Waals surface area contributed by atoms with E-state index in [1.165, 1.54) is 0 Å². The Balaban J connectivity index is 1.72. The topological polar surface area (TPSA) is 107 Å². The van der Waals surface area contributed by atoms with Crippen LogP contribution >= 0.6 is 0 Å². The number of nitrogens with two attached hydrogens (primary N) is 1. The van der Waals surface area contributed by atoms with Gasteiger partial charge in [0.15, 0.2) is 12.4 Å². The molecule has 2 heterocycles. The number of carbonyl (C=O) groups is 1. The van der Waals surface area contributed by atoms with Crippen molar-refractivity contribution < 1.29 is 24.1 Å². The van der Waals surface area contributed by atoms with Crippen molar-refractivity contribution >= 4 is 11.7 Å². The van der Waals surface area contributed by atoms with E-state index in [-0.39, 0.29) is 6.61 Å². The zero-order chi connectivity index (χ0) is 18.8. The number of aliphatic hydroxyl groups is 1. The van der Waals surface area contributed by atoms with Gasteiger partial charge in [-0.05, 0) is 6.92 Å². The number of nitrogens with zero attached hydrogens (tertiary/aromatic N) is 2. The van der Waals surface area contributed by atoms with Crippen LogP contribution < -0.4 is 5.73 Å². The van der Waals surface area contributed by atoms with Crippen molar-refractivity contribution in [3.05, 3.63) is 35.9 Å². The highest BCUT2D eigenvalue weighted by Crippen LogP contribution is 2.33. The molecule has 0 aliphatic carbocycles. The van der Waals surface area contributed by atoms with Crippen LogP contribution in [0.5, 0.6) is 0 Å². The molecule has 8 heteroatoms. The number of fused-ring (bicyclic) bond motifs is 1. The Morgan fingerprint density at radius 2 is 1.96 bits per heavy atom. The minimum atomic E-state index is -1.21. The van der Waals surface area contributed by atoms with Gasteiger partial charge < -0.3 is 30.0 Å². The van der Waals surface area contributed by atoms with Crippen LogP contribution in [0, 0.1) is 0 Å². The van der Waals surface area contributed by atoms with Gasteiger partial charge in [-0.2, -0.15) is 4.99 Å². The minimum Gasteiger partial charge on any atom is -0.388 e. The van der Waals surface area contributed by atoms with Crippen LogP contribution in [0.25, 0.3) is 0 Å². The molecule has 0 radical (unpaired) electrons. The van der Waals surface area contributed by atoms with Crippen LogP contribution in [0.4, 0.5) is 0 Å². The summed E-state index contributed by atoms with van der Waals surface area (Å²) in [7, 11) is 3.55. The van der Waals surface area contributed by atoms with Gasteiger partial charge >= 0.3 is 0 Å². The molecule has 1 aromatic carbocycles. The van der Waals surface area contributed by atoms with Crippen molar-refractivity contribution in [2.45, 2.75) is 43.7 Å². The van der Waals surface area contributed by atoms with Crippen molar-refractivity contribution in [1.82, 2.24) is 4.90 Å². The van der Waals surface area contributed by atoms with Gasteiger partial charge in [-0.15, -0.1) is 0 Å². The molecule has 26 heavy (non-hydrogen) atoms. The smallest absolute Gasteiger partial charge is 0.279 e. The van der Waals surface area contributed by atoms with E-state index < -0.39 is 42.7 Å². The number of hydrogen-bond donors (Lipinski definition) is 2. The maximum Gasteiger partial charge on any atom is 0.279 e. The Morgan fingerprint density at radius 1 is 1.27 bits per heavy atom. The van der Waals surface area contributed by atoms with Crippen molar-refractivity contribution in [2.75, 3.05) is 20.7 Å². The first kappa shape index (κ1) is 18.9. The second kappa shape index (κ2) is 7.81. The van der Waals surface area contributed by atoms with E-state index in [0.29, 0.717) is 5.84 Å². The maximum absolute atomic E-state index is 12.4. The van der Waals surface area contributed by atoms with Gasteiger partial charge in [-0.3, -0.25) is 4.79 Å². The van der Waals surface area contributed by atoms with Gasteiger partial charge in [0.05, 0.1) is 12.6 Å². The van der Waals surface area contributed by atoms with Gasteiger partial charge in [-0.1, -0.05) is 30.3 Å². The zero-order valence-electron chi connectivity index (χ0n) is 15.1. The van der Waals surface area contributed by atoms with E-state index in [2.05, 4.69) is 4.99 Å². The Bertz CT molecular complexity index is 664. The van der Waals surface area contributed by atoms with E-state index in [0.717, 1.165) is 5.56 Å². The molecule has 0 aromatic heterocycles. The Morgan fingerprint density at radius 3 is 2.62 bits per heavy atom. The van der Waals surface area contributed by atoms with Crippen molar-refractivity contribution in [1.29, 1.82) is 0 Å². The van der Waals surface area contributed by atoms with Crippen molar-refractivity contribution in [3.63, 3.8) is 0 Å². The lowest BCUT2D eigenvalue weighted by Gasteiger charge is -2.46. The molecule has 3 N–H and O–H groups in total. The standard InChI is InChI=1S/C18H25N3O5/c1-10(21(2)3)20-17(23)16-14(22)13(19)15-12(25-16)9-24-18(26-15)11-7-5-4-6-8-11/h4-8,12-16,18,22H,9,19H2,1-3H3/b20-10+/t12-,13-,14-,15+,16-,18?/m1/s1. The van der Waals surface area contributed by atoms with Crippen LogP contribution in [0.3, 0.4) is 0 Å². The number of amidine groups is 1. The number of hydrogen-bond acceptors (Lipinski definition) is 6. The summed E-state index contributed by atoms with van der Waals surface area (Å²) in [5.41, 5.74) is 7.03. The third-order valence-corrected chi connectivity index (χ3v) is 4.70. The fourth-order valence-electron chi connectivity index (χ4n) is 2.98. The summed E-state index contributed by atoms with van der Waals surface area (Å²) in [6, 6.07) is 8.68. The Hall–Kier alpha value is -1.84. The third kappa shape index (κ3) is 3.79. The summed E-state index contributed by atoms with van der Waals surface area (Å²) in [5.74, 6) is -0.0513. The van der Waals surface area contributed by atoms with Gasteiger partial charge in [0, 0.05) is 19.7 Å². The zero-order valence-corrected chi connectivity index (χ0v) is 15.1. The molecule has 8 nitrogen and oxygen atoms in total. The number of aliphatic imine (C=N–C) groups is 1. The summed E-state index contributed by atoms with van der Waals surface area (Å²) >= 11 is 0. The molecule has 142 valence electrons. The first-order valence-electron chi connectivity index (χ1n) is 8.56. The average Bonchev–Trinajstić information content (AvgIpc) is 2.64. The molecule has 2 saturated heterocycles. The lowest BCUT2D eigenvalue weighted by Crippen LogP contribution is -2.66. The minimum absolute atomic E-state index is 0.213. The van der Waals surface area contributed by atoms with E-state index in [9.17, 15) is 9.90 Å². The van der Waals surface area contributed by atoms with E-state index in [4.69, 9.17) is 19.9 Å². The normalized spacial score (nSPS) is 34.9. The highest BCUT2D eigenvalue weighted by atomic mass is 16.7. The number of carbonyl (C=O) groups excluding carboxylic acids is 1. The van der Waals surface area contributed by atoms with Crippen LogP contribution in [0.1, 0.15) is 18.8 Å². The average molecular weight is 363 g/mol. The fraction of sp³-hybridized carbons (Fsp3) is 0.556. The summed E-state index contributed by atoms with van der Waals surface area (Å²) in [5, 5.41) is 10.5. The van der Waals surface area contributed by atoms with Gasteiger partial charge in [0.25, 0.3) is 5.91 Å². The molecule has 1 aromatic rings. The number of amides is 1. The lowest BCUT2D eigenvalue weighted by atomic mass is 9.92. The number of aliphatic hydroxyl groups excluding tert-OH is 1. The summed E-state index contributed by atoms with van der Waals surface area (Å²) < 4.78 is 17.4. The molecule has 6 atom stereocenters. The molecule has 0 saturated carbocycles. The van der Waals surface area contributed by atoms with Crippen molar-refractivity contribution in [2.24, 2.45) is 10.7 Å². The quantitative estimate of drug-likeness (QED) is 0.565. The van der Waals surface area contributed by atoms with E-state index >= 15 is 0 Å². The monoisotopic (exact) mass is 363 g/mol. The lowest BCUT2D eigenvalue weighted by molar-refractivity contribution is -0.302. The molecule has 1 unspecified atom stereocenters. The summed E-state index contributed by atoms with van der Waals surface area (Å²) in [6.45, 7) is 1.91. The molecule has 2 aliphatic rings. The fourth-order valence-corrected chi connectivity index (χ4v) is 2.98. The first-order chi connectivity index (χ1) is 12.4. The third-order valence-electron chi connectivity index (χ3n) is 4.70. The Labute approximate surface area is 152 Å². The highest BCUT2D eigenvalue weighted by Gasteiger charge is 2.50. The van der Waals surface area contributed by atoms with E-state index in [1.807, 2.05) is 30.3 Å². The first-order valence-corrected chi connectivity index (χ1v) is 8.56. The van der Waals surface area contributed by atoms with Gasteiger partial charge in [-0.25, -0.2) is 0 Å². The van der Waals surface area contributed by atoms with Crippen LogP contribution in [-0.2, 0) is 19.0 Å². The maximum atomic E-state index is 12.4. The second-order valence-electron chi connectivity index (χ2n) is 6.73.